The van der Waals surface area contributed by atoms with Crippen LogP contribution in [0.3, 0.4) is 0 Å². The second-order valence-corrected chi connectivity index (χ2v) is 6.07. The van der Waals surface area contributed by atoms with Crippen molar-refractivity contribution in [3.8, 4) is 0 Å². The van der Waals surface area contributed by atoms with Crippen LogP contribution in [0.4, 0.5) is 0 Å². The summed E-state index contributed by atoms with van der Waals surface area (Å²) in [5, 5.41) is 6.68. The number of piperazine rings is 1. The second-order valence-electron chi connectivity index (χ2n) is 4.05. The van der Waals surface area contributed by atoms with E-state index >= 15 is 0 Å². The van der Waals surface area contributed by atoms with Gasteiger partial charge in [-0.05, 0) is 17.7 Å². The monoisotopic (exact) mass is 240 g/mol. The summed E-state index contributed by atoms with van der Waals surface area (Å²) in [6, 6.07) is 7.37. The van der Waals surface area contributed by atoms with Crippen molar-refractivity contribution in [3.05, 3.63) is 29.8 Å². The molecule has 88 valence electrons. The Balaban J connectivity index is 2.18. The van der Waals surface area contributed by atoms with Crippen LogP contribution in [0.15, 0.2) is 29.2 Å². The summed E-state index contributed by atoms with van der Waals surface area (Å²) >= 11 is 0. The van der Waals surface area contributed by atoms with Crippen molar-refractivity contribution < 1.29 is 8.42 Å². The molecule has 0 unspecified atom stereocenters. The van der Waals surface area contributed by atoms with Gasteiger partial charge < -0.3 is 10.6 Å². The van der Waals surface area contributed by atoms with Crippen molar-refractivity contribution in [2.45, 2.75) is 10.9 Å². The van der Waals surface area contributed by atoms with Gasteiger partial charge in [-0.25, -0.2) is 8.42 Å². The van der Waals surface area contributed by atoms with Crippen LogP contribution in [0.2, 0.25) is 0 Å². The first kappa shape index (κ1) is 11.6. The smallest absolute Gasteiger partial charge is 0.175 e. The number of sulfone groups is 1. The standard InChI is InChI=1S/C11H16N2O2S/c1-16(14,15)10-4-2-9(3-5-10)11-8-12-6-7-13-11/h2-5,11-13H,6-8H2,1H3/t11-/m0/s1. The van der Waals surface area contributed by atoms with Gasteiger partial charge in [0.2, 0.25) is 0 Å². The number of hydrogen-bond donors (Lipinski definition) is 2. The van der Waals surface area contributed by atoms with Gasteiger partial charge in [0.1, 0.15) is 0 Å². The molecule has 1 aliphatic heterocycles. The first-order valence-corrected chi connectivity index (χ1v) is 7.20. The van der Waals surface area contributed by atoms with E-state index in [2.05, 4.69) is 10.6 Å². The molecule has 0 amide bonds. The van der Waals surface area contributed by atoms with E-state index in [-0.39, 0.29) is 6.04 Å². The zero-order valence-electron chi connectivity index (χ0n) is 9.23. The Labute approximate surface area is 96.0 Å². The third-order valence-corrected chi connectivity index (χ3v) is 3.88. The average Bonchev–Trinajstić information content (AvgIpc) is 2.29. The molecule has 0 aliphatic carbocycles. The minimum Gasteiger partial charge on any atom is -0.314 e. The summed E-state index contributed by atoms with van der Waals surface area (Å²) in [6.07, 6.45) is 1.22. The summed E-state index contributed by atoms with van der Waals surface area (Å²) in [5.74, 6) is 0. The molecule has 0 radical (unpaired) electrons. The van der Waals surface area contributed by atoms with E-state index in [0.29, 0.717) is 4.90 Å². The minimum atomic E-state index is -3.09. The van der Waals surface area contributed by atoms with Gasteiger partial charge >= 0.3 is 0 Å². The number of benzene rings is 1. The van der Waals surface area contributed by atoms with E-state index < -0.39 is 9.84 Å². The Morgan fingerprint density at radius 1 is 1.19 bits per heavy atom. The molecule has 1 saturated heterocycles. The molecular formula is C11H16N2O2S. The maximum atomic E-state index is 11.3. The van der Waals surface area contributed by atoms with Gasteiger partial charge in [0.05, 0.1) is 4.90 Å². The molecular weight excluding hydrogens is 224 g/mol. The second kappa shape index (κ2) is 4.53. The Hall–Kier alpha value is -0.910. The molecule has 0 saturated carbocycles. The van der Waals surface area contributed by atoms with Crippen molar-refractivity contribution in [1.29, 1.82) is 0 Å². The van der Waals surface area contributed by atoms with Crippen LogP contribution in [0.5, 0.6) is 0 Å². The summed E-state index contributed by atoms with van der Waals surface area (Å²) in [7, 11) is -3.09. The quantitative estimate of drug-likeness (QED) is 0.782. The van der Waals surface area contributed by atoms with Crippen LogP contribution in [-0.2, 0) is 9.84 Å². The highest BCUT2D eigenvalue weighted by atomic mass is 32.2. The zero-order chi connectivity index (χ0) is 11.6. The lowest BCUT2D eigenvalue weighted by Gasteiger charge is -2.24. The normalized spacial score (nSPS) is 21.9. The van der Waals surface area contributed by atoms with E-state index in [4.69, 9.17) is 0 Å². The molecule has 1 atom stereocenters. The van der Waals surface area contributed by atoms with E-state index in [1.165, 1.54) is 6.26 Å². The minimum absolute atomic E-state index is 0.280. The topological polar surface area (TPSA) is 58.2 Å². The third kappa shape index (κ3) is 2.61. The van der Waals surface area contributed by atoms with Crippen LogP contribution in [0, 0.1) is 0 Å². The highest BCUT2D eigenvalue weighted by Gasteiger charge is 2.14. The van der Waals surface area contributed by atoms with Gasteiger partial charge in [0.25, 0.3) is 0 Å². The molecule has 1 aliphatic rings. The van der Waals surface area contributed by atoms with Crippen LogP contribution >= 0.6 is 0 Å². The average molecular weight is 240 g/mol. The van der Waals surface area contributed by atoms with Gasteiger partial charge in [-0.3, -0.25) is 0 Å². The third-order valence-electron chi connectivity index (χ3n) is 2.75. The first-order valence-electron chi connectivity index (χ1n) is 5.31. The SMILES string of the molecule is CS(=O)(=O)c1ccc([C@@H]2CNCCN2)cc1. The van der Waals surface area contributed by atoms with E-state index in [9.17, 15) is 8.42 Å². The van der Waals surface area contributed by atoms with E-state index in [1.807, 2.05) is 12.1 Å². The highest BCUT2D eigenvalue weighted by molar-refractivity contribution is 7.90. The van der Waals surface area contributed by atoms with Gasteiger partial charge in [-0.2, -0.15) is 0 Å². The summed E-state index contributed by atoms with van der Waals surface area (Å²) in [4.78, 5) is 0.375. The fourth-order valence-corrected chi connectivity index (χ4v) is 2.47. The van der Waals surface area contributed by atoms with Gasteiger partial charge in [-0.1, -0.05) is 12.1 Å². The molecule has 0 bridgehead atoms. The molecule has 2 rings (SSSR count). The first-order chi connectivity index (χ1) is 7.57. The van der Waals surface area contributed by atoms with Crippen molar-refractivity contribution in [3.63, 3.8) is 0 Å². The summed E-state index contributed by atoms with van der Waals surface area (Å²) in [5.41, 5.74) is 1.12. The molecule has 1 fully saturated rings. The zero-order valence-corrected chi connectivity index (χ0v) is 10.0. The van der Waals surface area contributed by atoms with Crippen LogP contribution in [-0.4, -0.2) is 34.3 Å². The molecule has 4 nitrogen and oxygen atoms in total. The number of nitrogens with one attached hydrogen (secondary N) is 2. The molecule has 1 aromatic carbocycles. The Morgan fingerprint density at radius 3 is 2.38 bits per heavy atom. The van der Waals surface area contributed by atoms with Crippen LogP contribution < -0.4 is 10.6 Å². The number of hydrogen-bond acceptors (Lipinski definition) is 4. The molecule has 2 N–H and O–H groups in total. The lowest BCUT2D eigenvalue weighted by atomic mass is 10.1. The molecule has 0 spiro atoms. The van der Waals surface area contributed by atoms with E-state index in [0.717, 1.165) is 25.2 Å². The lowest BCUT2D eigenvalue weighted by molar-refractivity contribution is 0.430. The van der Waals surface area contributed by atoms with Gasteiger partial charge in [-0.15, -0.1) is 0 Å². The fourth-order valence-electron chi connectivity index (χ4n) is 1.84. The lowest BCUT2D eigenvalue weighted by Crippen LogP contribution is -2.42. The van der Waals surface area contributed by atoms with Crippen LogP contribution in [0.1, 0.15) is 11.6 Å². The summed E-state index contributed by atoms with van der Waals surface area (Å²) < 4.78 is 22.6. The predicted octanol–water partition coefficient (Wildman–Crippen LogP) is 0.324. The largest absolute Gasteiger partial charge is 0.314 e. The van der Waals surface area contributed by atoms with Crippen molar-refractivity contribution in [2.75, 3.05) is 25.9 Å². The molecule has 1 heterocycles. The van der Waals surface area contributed by atoms with Gasteiger partial charge in [0, 0.05) is 31.9 Å². The molecule has 16 heavy (non-hydrogen) atoms. The Kier molecular flexibility index (Phi) is 3.28. The molecule has 1 aromatic rings. The fraction of sp³-hybridized carbons (Fsp3) is 0.455. The van der Waals surface area contributed by atoms with Gasteiger partial charge in [0.15, 0.2) is 9.84 Å². The summed E-state index contributed by atoms with van der Waals surface area (Å²) in [6.45, 7) is 2.81. The van der Waals surface area contributed by atoms with Crippen molar-refractivity contribution in [2.24, 2.45) is 0 Å². The Morgan fingerprint density at radius 2 is 1.88 bits per heavy atom. The maximum Gasteiger partial charge on any atom is 0.175 e. The molecule has 5 heteroatoms. The highest BCUT2D eigenvalue weighted by Crippen LogP contribution is 2.16. The Bertz CT molecular complexity index is 447. The maximum absolute atomic E-state index is 11.3. The van der Waals surface area contributed by atoms with E-state index in [1.54, 1.807) is 12.1 Å². The van der Waals surface area contributed by atoms with Crippen LogP contribution in [0.25, 0.3) is 0 Å². The van der Waals surface area contributed by atoms with Crippen molar-refractivity contribution in [1.82, 2.24) is 10.6 Å². The van der Waals surface area contributed by atoms with Crippen molar-refractivity contribution >= 4 is 9.84 Å². The predicted molar refractivity (Wildman–Crippen MR) is 63.2 cm³/mol. The number of rotatable bonds is 2. The molecule has 0 aromatic heterocycles.